The number of hydrogen-bond donors (Lipinski definition) is 1. The first-order chi connectivity index (χ1) is 12.0. The second-order valence-electron chi connectivity index (χ2n) is 6.27. The van der Waals surface area contributed by atoms with Crippen molar-refractivity contribution in [2.45, 2.75) is 30.7 Å². The van der Waals surface area contributed by atoms with E-state index in [9.17, 15) is 9.59 Å². The molecule has 1 aromatic carbocycles. The Bertz CT molecular complexity index is 856. The molecule has 8 heteroatoms. The van der Waals surface area contributed by atoms with E-state index in [1.807, 2.05) is 36.6 Å². The molecule has 0 bridgehead atoms. The Hall–Kier alpha value is -1.57. The largest absolute Gasteiger partial charge is 0.315 e. The molecule has 0 spiro atoms. The zero-order valence-electron chi connectivity index (χ0n) is 13.5. The maximum atomic E-state index is 12.7. The number of carbonyl (C=O) groups is 2. The van der Waals surface area contributed by atoms with Gasteiger partial charge in [-0.3, -0.25) is 9.59 Å². The van der Waals surface area contributed by atoms with Crippen LogP contribution in [0, 0.1) is 0 Å². The van der Waals surface area contributed by atoms with Crippen molar-refractivity contribution in [1.82, 2.24) is 9.88 Å². The highest BCUT2D eigenvalue weighted by atomic mass is 35.5. The minimum Gasteiger partial charge on any atom is -0.315 e. The van der Waals surface area contributed by atoms with Crippen molar-refractivity contribution in [3.63, 3.8) is 0 Å². The summed E-state index contributed by atoms with van der Waals surface area (Å²) in [5, 5.41) is 5.87. The Morgan fingerprint density at radius 3 is 3.04 bits per heavy atom. The first-order valence-electron chi connectivity index (χ1n) is 7.95. The molecule has 0 radical (unpaired) electrons. The van der Waals surface area contributed by atoms with Crippen LogP contribution < -0.4 is 5.32 Å². The zero-order valence-corrected chi connectivity index (χ0v) is 15.9. The number of amides is 2. The highest BCUT2D eigenvalue weighted by Crippen LogP contribution is 2.47. The van der Waals surface area contributed by atoms with E-state index in [1.54, 1.807) is 16.7 Å². The molecular formula is C17H16ClN3O2S2. The fourth-order valence-electron chi connectivity index (χ4n) is 3.33. The topological polar surface area (TPSA) is 62.3 Å². The van der Waals surface area contributed by atoms with Crippen LogP contribution in [0.15, 0.2) is 29.6 Å². The molecule has 3 heterocycles. The van der Waals surface area contributed by atoms with E-state index in [0.29, 0.717) is 22.3 Å². The number of rotatable bonds is 3. The summed E-state index contributed by atoms with van der Waals surface area (Å²) >= 11 is 9.23. The molecule has 1 aromatic heterocycles. The number of hydrogen-bond acceptors (Lipinski definition) is 5. The average molecular weight is 394 g/mol. The van der Waals surface area contributed by atoms with Crippen molar-refractivity contribution in [1.29, 1.82) is 0 Å². The van der Waals surface area contributed by atoms with Gasteiger partial charge in [0.05, 0.1) is 10.6 Å². The van der Waals surface area contributed by atoms with Gasteiger partial charge in [-0.25, -0.2) is 4.98 Å². The third-order valence-electron chi connectivity index (χ3n) is 4.63. The van der Waals surface area contributed by atoms with Crippen molar-refractivity contribution in [3.8, 4) is 11.3 Å². The molecular weight excluding hydrogens is 378 g/mol. The lowest BCUT2D eigenvalue weighted by Crippen LogP contribution is -2.48. The van der Waals surface area contributed by atoms with Crippen LogP contribution in [0.3, 0.4) is 0 Å². The molecule has 2 aromatic rings. The number of anilines is 1. The first-order valence-corrected chi connectivity index (χ1v) is 10.2. The lowest BCUT2D eigenvalue weighted by atomic mass is 10.2. The van der Waals surface area contributed by atoms with E-state index in [2.05, 4.69) is 10.3 Å². The van der Waals surface area contributed by atoms with E-state index in [-0.39, 0.29) is 16.7 Å². The van der Waals surface area contributed by atoms with Crippen LogP contribution in [0.5, 0.6) is 0 Å². The lowest BCUT2D eigenvalue weighted by molar-refractivity contribution is -0.135. The highest BCUT2D eigenvalue weighted by molar-refractivity contribution is 8.01. The van der Waals surface area contributed by atoms with Crippen molar-refractivity contribution >= 4 is 51.6 Å². The smallest absolute Gasteiger partial charge is 0.249 e. The maximum absolute atomic E-state index is 12.7. The Labute approximate surface area is 158 Å². The number of thiazole rings is 1. The minimum atomic E-state index is -0.433. The van der Waals surface area contributed by atoms with Gasteiger partial charge in [-0.1, -0.05) is 29.8 Å². The third-order valence-corrected chi connectivity index (χ3v) is 7.22. The molecule has 0 unspecified atom stereocenters. The second kappa shape index (κ2) is 6.30. The van der Waals surface area contributed by atoms with Crippen molar-refractivity contribution < 1.29 is 9.59 Å². The predicted octanol–water partition coefficient (Wildman–Crippen LogP) is 3.86. The van der Waals surface area contributed by atoms with Gasteiger partial charge in [0.2, 0.25) is 11.8 Å². The first kappa shape index (κ1) is 16.9. The van der Waals surface area contributed by atoms with Crippen LogP contribution in [0.4, 0.5) is 5.13 Å². The van der Waals surface area contributed by atoms with E-state index in [4.69, 9.17) is 11.6 Å². The molecule has 4 rings (SSSR count). The normalized spacial score (nSPS) is 25.3. The fraction of sp³-hybridized carbons (Fsp3) is 0.353. The number of carbonyl (C=O) groups excluding carboxylic acids is 2. The van der Waals surface area contributed by atoms with Crippen molar-refractivity contribution in [3.05, 3.63) is 34.7 Å². The summed E-state index contributed by atoms with van der Waals surface area (Å²) < 4.78 is 0. The predicted molar refractivity (Wildman–Crippen MR) is 102 cm³/mol. The van der Waals surface area contributed by atoms with Gasteiger partial charge in [-0.2, -0.15) is 0 Å². The monoisotopic (exact) mass is 393 g/mol. The van der Waals surface area contributed by atoms with Crippen LogP contribution in [-0.2, 0) is 9.59 Å². The Kier molecular flexibility index (Phi) is 4.25. The van der Waals surface area contributed by atoms with Crippen LogP contribution in [0.25, 0.3) is 11.3 Å². The van der Waals surface area contributed by atoms with Gasteiger partial charge >= 0.3 is 0 Å². The Morgan fingerprint density at radius 1 is 1.44 bits per heavy atom. The number of benzene rings is 1. The Morgan fingerprint density at radius 2 is 2.24 bits per heavy atom. The number of nitrogens with zero attached hydrogens (tertiary/aromatic N) is 2. The second-order valence-corrected chi connectivity index (χ2v) is 9.04. The Balaban J connectivity index is 1.51. The minimum absolute atomic E-state index is 0.0588. The molecule has 2 fully saturated rings. The molecule has 0 aliphatic carbocycles. The summed E-state index contributed by atoms with van der Waals surface area (Å²) in [5.74, 6) is 0.506. The molecule has 2 saturated heterocycles. The molecule has 2 aliphatic heterocycles. The molecule has 2 atom stereocenters. The van der Waals surface area contributed by atoms with Crippen LogP contribution >= 0.6 is 34.7 Å². The van der Waals surface area contributed by atoms with Crippen LogP contribution in [0.1, 0.15) is 19.8 Å². The van der Waals surface area contributed by atoms with Crippen molar-refractivity contribution in [2.75, 3.05) is 11.1 Å². The lowest BCUT2D eigenvalue weighted by Gasteiger charge is -2.29. The number of thioether (sulfide) groups is 1. The van der Waals surface area contributed by atoms with Gasteiger partial charge in [-0.05, 0) is 19.4 Å². The number of halogens is 1. The quantitative estimate of drug-likeness (QED) is 0.860. The molecule has 130 valence electrons. The van der Waals surface area contributed by atoms with E-state index >= 15 is 0 Å². The number of aromatic nitrogens is 1. The fourth-order valence-corrected chi connectivity index (χ4v) is 5.71. The van der Waals surface area contributed by atoms with E-state index in [1.165, 1.54) is 11.3 Å². The molecule has 2 amide bonds. The van der Waals surface area contributed by atoms with Gasteiger partial charge in [0, 0.05) is 28.1 Å². The van der Waals surface area contributed by atoms with Crippen LogP contribution in [-0.4, -0.2) is 38.4 Å². The molecule has 25 heavy (non-hydrogen) atoms. The molecule has 0 saturated carbocycles. The van der Waals surface area contributed by atoms with E-state index < -0.39 is 6.04 Å². The van der Waals surface area contributed by atoms with Gasteiger partial charge in [0.15, 0.2) is 5.13 Å². The average Bonchev–Trinajstić information content (AvgIpc) is 3.24. The van der Waals surface area contributed by atoms with Gasteiger partial charge in [0.25, 0.3) is 0 Å². The maximum Gasteiger partial charge on any atom is 0.249 e. The van der Waals surface area contributed by atoms with E-state index in [0.717, 1.165) is 17.7 Å². The summed E-state index contributed by atoms with van der Waals surface area (Å²) in [5.41, 5.74) is 1.56. The van der Waals surface area contributed by atoms with Crippen molar-refractivity contribution in [2.24, 2.45) is 0 Å². The summed E-state index contributed by atoms with van der Waals surface area (Å²) in [6.07, 6.45) is 1.31. The summed E-state index contributed by atoms with van der Waals surface area (Å²) in [4.78, 5) is 30.8. The van der Waals surface area contributed by atoms with Gasteiger partial charge < -0.3 is 10.2 Å². The third kappa shape index (κ3) is 2.94. The molecule has 1 N–H and O–H groups in total. The molecule has 5 nitrogen and oxygen atoms in total. The number of fused-ring (bicyclic) bond motifs is 1. The molecule has 2 aliphatic rings. The van der Waals surface area contributed by atoms with Gasteiger partial charge in [0.1, 0.15) is 6.04 Å². The standard InChI is InChI=1S/C17H16ClN3O2S2/c1-17-7-6-14(22)21(17)13(9-25-17)15(23)20-16-19-12(8-24-16)10-4-2-3-5-11(10)18/h2-5,8,13H,6-7,9H2,1H3,(H,19,20,23)/t13-,17+/m1/s1. The summed E-state index contributed by atoms with van der Waals surface area (Å²) in [7, 11) is 0. The summed E-state index contributed by atoms with van der Waals surface area (Å²) in [6.45, 7) is 2.04. The zero-order chi connectivity index (χ0) is 17.6. The van der Waals surface area contributed by atoms with Gasteiger partial charge in [-0.15, -0.1) is 23.1 Å². The van der Waals surface area contributed by atoms with Crippen LogP contribution in [0.2, 0.25) is 5.02 Å². The SMILES string of the molecule is C[C@]12CCC(=O)N1[C@@H](C(=O)Nc1nc(-c3ccccc3Cl)cs1)CS2. The number of nitrogens with one attached hydrogen (secondary N) is 1. The highest BCUT2D eigenvalue weighted by Gasteiger charge is 2.52. The summed E-state index contributed by atoms with van der Waals surface area (Å²) in [6, 6.07) is 7.03.